The highest BCUT2D eigenvalue weighted by atomic mass is 32.2. The Bertz CT molecular complexity index is 985. The molecule has 0 amide bonds. The third-order valence-electron chi connectivity index (χ3n) is 3.73. The molecule has 0 radical (unpaired) electrons. The number of carbonyl (C=O) groups excluding carboxylic acids is 1. The standard InChI is InChI=1S/C17H17N5O3S2/c1-3-22-15(12-6-5-7-25-12)20-21-17(22)26-9-11-10(8-18)14(19)27-13(11)16(23)24-4-2/h5-7H,3-4,9,19H2,1-2H3. The van der Waals surface area contributed by atoms with Gasteiger partial charge in [0.2, 0.25) is 0 Å². The summed E-state index contributed by atoms with van der Waals surface area (Å²) >= 11 is 2.45. The molecule has 0 unspecified atom stereocenters. The van der Waals surface area contributed by atoms with Crippen LogP contribution in [0.2, 0.25) is 0 Å². The van der Waals surface area contributed by atoms with Gasteiger partial charge in [0.15, 0.2) is 16.7 Å². The van der Waals surface area contributed by atoms with Crippen LogP contribution in [0.5, 0.6) is 0 Å². The van der Waals surface area contributed by atoms with Crippen molar-refractivity contribution in [3.63, 3.8) is 0 Å². The second kappa shape index (κ2) is 8.28. The molecule has 0 bridgehead atoms. The molecule has 3 rings (SSSR count). The minimum absolute atomic E-state index is 0.252. The van der Waals surface area contributed by atoms with Gasteiger partial charge in [-0.1, -0.05) is 11.8 Å². The molecule has 3 heterocycles. The first-order valence-corrected chi connectivity index (χ1v) is 9.99. The Hall–Kier alpha value is -2.77. The fraction of sp³-hybridized carbons (Fsp3) is 0.294. The molecule has 0 aliphatic carbocycles. The number of nitrogen functional groups attached to an aromatic ring is 1. The van der Waals surface area contributed by atoms with E-state index in [2.05, 4.69) is 16.3 Å². The lowest BCUT2D eigenvalue weighted by Crippen LogP contribution is -2.05. The number of furan rings is 1. The molecule has 8 nitrogen and oxygen atoms in total. The van der Waals surface area contributed by atoms with E-state index in [0.29, 0.717) is 50.0 Å². The number of thioether (sulfide) groups is 1. The highest BCUT2D eigenvalue weighted by Crippen LogP contribution is 2.36. The second-order valence-electron chi connectivity index (χ2n) is 5.30. The number of esters is 1. The van der Waals surface area contributed by atoms with Gasteiger partial charge < -0.3 is 14.9 Å². The minimum atomic E-state index is -0.473. The largest absolute Gasteiger partial charge is 0.462 e. The van der Waals surface area contributed by atoms with Crippen molar-refractivity contribution in [3.05, 3.63) is 34.4 Å². The first-order valence-electron chi connectivity index (χ1n) is 8.18. The molecule has 0 saturated heterocycles. The Labute approximate surface area is 163 Å². The summed E-state index contributed by atoms with van der Waals surface area (Å²) < 4.78 is 12.4. The van der Waals surface area contributed by atoms with Gasteiger partial charge in [0.25, 0.3) is 0 Å². The molecule has 27 heavy (non-hydrogen) atoms. The molecule has 0 aliphatic rings. The van der Waals surface area contributed by atoms with E-state index in [9.17, 15) is 10.1 Å². The Morgan fingerprint density at radius 2 is 2.30 bits per heavy atom. The van der Waals surface area contributed by atoms with Gasteiger partial charge in [-0.3, -0.25) is 4.57 Å². The summed E-state index contributed by atoms with van der Waals surface area (Å²) in [4.78, 5) is 12.6. The Balaban J connectivity index is 1.89. The summed E-state index contributed by atoms with van der Waals surface area (Å²) in [7, 11) is 0. The highest BCUT2D eigenvalue weighted by Gasteiger charge is 2.24. The van der Waals surface area contributed by atoms with Gasteiger partial charge in [0, 0.05) is 17.9 Å². The molecule has 0 fully saturated rings. The first kappa shape index (κ1) is 19.0. The molecular formula is C17H17N5O3S2. The van der Waals surface area contributed by atoms with Crippen LogP contribution in [0.25, 0.3) is 11.6 Å². The lowest BCUT2D eigenvalue weighted by atomic mass is 10.2. The van der Waals surface area contributed by atoms with Crippen molar-refractivity contribution in [1.29, 1.82) is 5.26 Å². The molecule has 140 valence electrons. The van der Waals surface area contributed by atoms with Crippen LogP contribution in [-0.4, -0.2) is 27.3 Å². The maximum atomic E-state index is 12.2. The normalized spacial score (nSPS) is 10.7. The molecule has 3 aromatic heterocycles. The van der Waals surface area contributed by atoms with Crippen LogP contribution in [0.4, 0.5) is 5.00 Å². The number of anilines is 1. The number of nitriles is 1. The summed E-state index contributed by atoms with van der Waals surface area (Å²) in [5.74, 6) is 1.13. The number of thiophene rings is 1. The van der Waals surface area contributed by atoms with Gasteiger partial charge in [-0.2, -0.15) is 5.26 Å². The van der Waals surface area contributed by atoms with Gasteiger partial charge in [-0.05, 0) is 26.0 Å². The summed E-state index contributed by atoms with van der Waals surface area (Å²) in [5.41, 5.74) is 6.79. The first-order chi connectivity index (χ1) is 13.1. The van der Waals surface area contributed by atoms with E-state index in [4.69, 9.17) is 14.9 Å². The third-order valence-corrected chi connectivity index (χ3v) is 5.76. The lowest BCUT2D eigenvalue weighted by Gasteiger charge is -2.07. The van der Waals surface area contributed by atoms with E-state index in [1.807, 2.05) is 17.6 Å². The van der Waals surface area contributed by atoms with Crippen LogP contribution < -0.4 is 5.73 Å². The smallest absolute Gasteiger partial charge is 0.348 e. The zero-order valence-corrected chi connectivity index (χ0v) is 16.4. The predicted octanol–water partition coefficient (Wildman–Crippen LogP) is 3.54. The van der Waals surface area contributed by atoms with Gasteiger partial charge >= 0.3 is 5.97 Å². The predicted molar refractivity (Wildman–Crippen MR) is 102 cm³/mol. The van der Waals surface area contributed by atoms with E-state index in [0.717, 1.165) is 11.3 Å². The van der Waals surface area contributed by atoms with Crippen molar-refractivity contribution in [3.8, 4) is 17.7 Å². The number of hydrogen-bond donors (Lipinski definition) is 1. The van der Waals surface area contributed by atoms with Crippen LogP contribution in [-0.2, 0) is 17.0 Å². The van der Waals surface area contributed by atoms with Crippen LogP contribution >= 0.6 is 23.1 Å². The lowest BCUT2D eigenvalue weighted by molar-refractivity contribution is 0.0531. The Morgan fingerprint density at radius 1 is 1.48 bits per heavy atom. The summed E-state index contributed by atoms with van der Waals surface area (Å²) in [5, 5.41) is 18.8. The summed E-state index contributed by atoms with van der Waals surface area (Å²) in [6, 6.07) is 5.68. The van der Waals surface area contributed by atoms with Crippen LogP contribution in [0.1, 0.15) is 34.6 Å². The SMILES string of the molecule is CCOC(=O)c1sc(N)c(C#N)c1CSc1nnc(-c2ccco2)n1CC. The third kappa shape index (κ3) is 3.70. The molecule has 0 saturated carbocycles. The average molecular weight is 403 g/mol. The Kier molecular flexibility index (Phi) is 5.83. The van der Waals surface area contributed by atoms with E-state index in [1.54, 1.807) is 19.3 Å². The van der Waals surface area contributed by atoms with Crippen molar-refractivity contribution in [1.82, 2.24) is 14.8 Å². The van der Waals surface area contributed by atoms with E-state index >= 15 is 0 Å². The van der Waals surface area contributed by atoms with Crippen molar-refractivity contribution >= 4 is 34.1 Å². The van der Waals surface area contributed by atoms with Gasteiger partial charge in [-0.25, -0.2) is 4.79 Å². The topological polar surface area (TPSA) is 120 Å². The van der Waals surface area contributed by atoms with E-state index in [1.165, 1.54) is 11.8 Å². The molecule has 10 heteroatoms. The Morgan fingerprint density at radius 3 is 2.93 bits per heavy atom. The fourth-order valence-corrected chi connectivity index (χ4v) is 4.57. The summed E-state index contributed by atoms with van der Waals surface area (Å²) in [6.07, 6.45) is 1.58. The van der Waals surface area contributed by atoms with Crippen molar-refractivity contribution in [2.75, 3.05) is 12.3 Å². The van der Waals surface area contributed by atoms with Gasteiger partial charge in [-0.15, -0.1) is 21.5 Å². The number of carbonyl (C=O) groups is 1. The van der Waals surface area contributed by atoms with Crippen molar-refractivity contribution < 1.29 is 13.9 Å². The van der Waals surface area contributed by atoms with Crippen molar-refractivity contribution in [2.45, 2.75) is 31.3 Å². The maximum Gasteiger partial charge on any atom is 0.348 e. The zero-order chi connectivity index (χ0) is 19.4. The number of hydrogen-bond acceptors (Lipinski definition) is 9. The number of ether oxygens (including phenoxy) is 1. The average Bonchev–Trinajstić information content (AvgIpc) is 3.37. The van der Waals surface area contributed by atoms with Gasteiger partial charge in [0.05, 0.1) is 18.4 Å². The minimum Gasteiger partial charge on any atom is -0.462 e. The van der Waals surface area contributed by atoms with E-state index in [-0.39, 0.29) is 6.61 Å². The van der Waals surface area contributed by atoms with Crippen molar-refractivity contribution in [2.24, 2.45) is 0 Å². The number of rotatable bonds is 7. The monoisotopic (exact) mass is 403 g/mol. The van der Waals surface area contributed by atoms with E-state index < -0.39 is 5.97 Å². The summed E-state index contributed by atoms with van der Waals surface area (Å²) in [6.45, 7) is 4.61. The molecule has 2 N–H and O–H groups in total. The van der Waals surface area contributed by atoms with Crippen LogP contribution in [0.3, 0.4) is 0 Å². The number of aromatic nitrogens is 3. The zero-order valence-electron chi connectivity index (χ0n) is 14.8. The van der Waals surface area contributed by atoms with Crippen LogP contribution in [0.15, 0.2) is 28.0 Å². The molecule has 3 aromatic rings. The molecule has 0 spiro atoms. The number of nitrogens with two attached hydrogens (primary N) is 1. The maximum absolute atomic E-state index is 12.2. The fourth-order valence-electron chi connectivity index (χ4n) is 2.51. The van der Waals surface area contributed by atoms with Crippen LogP contribution in [0, 0.1) is 11.3 Å². The second-order valence-corrected chi connectivity index (χ2v) is 7.29. The molecular weight excluding hydrogens is 386 g/mol. The number of nitrogens with zero attached hydrogens (tertiary/aromatic N) is 4. The highest BCUT2D eigenvalue weighted by molar-refractivity contribution is 7.98. The molecule has 0 aromatic carbocycles. The quantitative estimate of drug-likeness (QED) is 0.470. The molecule has 0 aliphatic heterocycles. The molecule has 0 atom stereocenters. The van der Waals surface area contributed by atoms with Gasteiger partial charge in [0.1, 0.15) is 15.9 Å².